The van der Waals surface area contributed by atoms with E-state index in [1.165, 1.54) is 19.1 Å². The average Bonchev–Trinajstić information content (AvgIpc) is 3.04. The van der Waals surface area contributed by atoms with E-state index in [-0.39, 0.29) is 5.56 Å². The van der Waals surface area contributed by atoms with E-state index in [9.17, 15) is 8.78 Å². The molecule has 1 aromatic carbocycles. The van der Waals surface area contributed by atoms with Crippen molar-refractivity contribution in [2.75, 3.05) is 0 Å². The van der Waals surface area contributed by atoms with Gasteiger partial charge >= 0.3 is 0 Å². The van der Waals surface area contributed by atoms with Crippen molar-refractivity contribution in [2.45, 2.75) is 20.4 Å². The van der Waals surface area contributed by atoms with Gasteiger partial charge in [0.05, 0.1) is 18.3 Å². The first kappa shape index (κ1) is 16.3. The van der Waals surface area contributed by atoms with Crippen molar-refractivity contribution in [3.63, 3.8) is 0 Å². The summed E-state index contributed by atoms with van der Waals surface area (Å²) in [6.45, 7) is 3.98. The maximum atomic E-state index is 14.5. The van der Waals surface area contributed by atoms with Crippen LogP contribution >= 0.6 is 0 Å². The number of halogens is 2. The van der Waals surface area contributed by atoms with Crippen molar-refractivity contribution in [1.29, 1.82) is 0 Å². The van der Waals surface area contributed by atoms with Crippen molar-refractivity contribution in [2.24, 2.45) is 0 Å². The first-order valence-corrected chi connectivity index (χ1v) is 8.20. The van der Waals surface area contributed by atoms with Crippen LogP contribution in [0.5, 0.6) is 0 Å². The predicted octanol–water partition coefficient (Wildman–Crippen LogP) is 4.44. The lowest BCUT2D eigenvalue weighted by Gasteiger charge is -2.09. The molecule has 26 heavy (non-hydrogen) atoms. The molecule has 0 spiro atoms. The van der Waals surface area contributed by atoms with Crippen LogP contribution in [0, 0.1) is 25.5 Å². The summed E-state index contributed by atoms with van der Waals surface area (Å²) in [5.74, 6) is -1.13. The van der Waals surface area contributed by atoms with Gasteiger partial charge in [-0.25, -0.2) is 8.78 Å². The highest BCUT2D eigenvalue weighted by molar-refractivity contribution is 5.80. The van der Waals surface area contributed by atoms with E-state index < -0.39 is 11.6 Å². The second kappa shape index (κ2) is 6.29. The topological polar surface area (TPSA) is 43.6 Å². The molecule has 3 aromatic heterocycles. The molecule has 0 amide bonds. The molecule has 0 bridgehead atoms. The molecular weight excluding hydrogens is 334 g/mol. The Hall–Kier alpha value is -3.15. The van der Waals surface area contributed by atoms with Gasteiger partial charge in [0, 0.05) is 35.3 Å². The molecule has 0 saturated heterocycles. The van der Waals surface area contributed by atoms with Crippen LogP contribution in [0.1, 0.15) is 16.7 Å². The third kappa shape index (κ3) is 2.73. The summed E-state index contributed by atoms with van der Waals surface area (Å²) >= 11 is 0. The normalized spacial score (nSPS) is 11.2. The highest BCUT2D eigenvalue weighted by Gasteiger charge is 2.14. The summed E-state index contributed by atoms with van der Waals surface area (Å²) in [7, 11) is 0. The zero-order valence-corrected chi connectivity index (χ0v) is 14.4. The molecule has 6 heteroatoms. The number of aromatic nitrogens is 4. The molecule has 0 aliphatic carbocycles. The summed E-state index contributed by atoms with van der Waals surface area (Å²) in [5, 5.41) is 4.39. The van der Waals surface area contributed by atoms with Gasteiger partial charge in [-0.15, -0.1) is 0 Å². The summed E-state index contributed by atoms with van der Waals surface area (Å²) in [5.41, 5.74) is 4.58. The van der Waals surface area contributed by atoms with Crippen LogP contribution in [0.15, 0.2) is 49.1 Å². The number of hydrogen-bond donors (Lipinski definition) is 0. The molecule has 0 saturated carbocycles. The Morgan fingerprint density at radius 1 is 1.04 bits per heavy atom. The quantitative estimate of drug-likeness (QED) is 0.549. The zero-order chi connectivity index (χ0) is 18.3. The summed E-state index contributed by atoms with van der Waals surface area (Å²) in [6, 6.07) is 6.49. The van der Waals surface area contributed by atoms with Crippen LogP contribution in [0.25, 0.3) is 22.2 Å². The Morgan fingerprint density at radius 2 is 1.88 bits per heavy atom. The molecule has 0 unspecified atom stereocenters. The first-order chi connectivity index (χ1) is 12.5. The van der Waals surface area contributed by atoms with E-state index >= 15 is 0 Å². The fraction of sp³-hybridized carbons (Fsp3) is 0.150. The van der Waals surface area contributed by atoms with Crippen LogP contribution in [0.2, 0.25) is 0 Å². The van der Waals surface area contributed by atoms with E-state index in [1.807, 2.05) is 29.9 Å². The van der Waals surface area contributed by atoms with Crippen molar-refractivity contribution in [1.82, 2.24) is 19.7 Å². The Bertz CT molecular complexity index is 1120. The second-order valence-corrected chi connectivity index (χ2v) is 6.27. The lowest BCUT2D eigenvalue weighted by atomic mass is 10.0. The Kier molecular flexibility index (Phi) is 3.95. The first-order valence-electron chi connectivity index (χ1n) is 8.20. The van der Waals surface area contributed by atoms with Crippen molar-refractivity contribution >= 4 is 11.0 Å². The minimum absolute atomic E-state index is 0.00193. The SMILES string of the molecule is Cc1ccncc1Cn1ncc2ncc(-c3ccc(F)c(C)c3F)cc21. The van der Waals surface area contributed by atoms with E-state index in [0.717, 1.165) is 22.2 Å². The Balaban J connectivity index is 1.80. The van der Waals surface area contributed by atoms with E-state index in [2.05, 4.69) is 15.1 Å². The van der Waals surface area contributed by atoms with Gasteiger partial charge in [0.25, 0.3) is 0 Å². The minimum Gasteiger partial charge on any atom is -0.264 e. The van der Waals surface area contributed by atoms with Crippen LogP contribution in [-0.4, -0.2) is 19.7 Å². The summed E-state index contributed by atoms with van der Waals surface area (Å²) in [6.07, 6.45) is 6.82. The maximum Gasteiger partial charge on any atom is 0.136 e. The fourth-order valence-electron chi connectivity index (χ4n) is 2.94. The second-order valence-electron chi connectivity index (χ2n) is 6.27. The molecule has 4 rings (SSSR count). The van der Waals surface area contributed by atoms with Crippen LogP contribution < -0.4 is 0 Å². The number of rotatable bonds is 3. The molecule has 4 aromatic rings. The van der Waals surface area contributed by atoms with Gasteiger partial charge in [-0.05, 0) is 49.2 Å². The average molecular weight is 350 g/mol. The van der Waals surface area contributed by atoms with Gasteiger partial charge in [-0.1, -0.05) is 0 Å². The maximum absolute atomic E-state index is 14.5. The van der Waals surface area contributed by atoms with Crippen LogP contribution in [0.4, 0.5) is 8.78 Å². The highest BCUT2D eigenvalue weighted by Crippen LogP contribution is 2.28. The largest absolute Gasteiger partial charge is 0.264 e. The number of aryl methyl sites for hydroxylation is 1. The standard InChI is InChI=1S/C20H16F2N4/c1-12-5-6-23-8-15(12)11-26-19-7-14(9-24-18(19)10-25-26)16-3-4-17(21)13(2)20(16)22/h3-10H,11H2,1-2H3. The van der Waals surface area contributed by atoms with E-state index in [1.54, 1.807) is 18.6 Å². The lowest BCUT2D eigenvalue weighted by Crippen LogP contribution is -2.03. The molecule has 0 atom stereocenters. The van der Waals surface area contributed by atoms with Crippen LogP contribution in [-0.2, 0) is 6.54 Å². The predicted molar refractivity (Wildman–Crippen MR) is 95.7 cm³/mol. The summed E-state index contributed by atoms with van der Waals surface area (Å²) in [4.78, 5) is 8.54. The van der Waals surface area contributed by atoms with Gasteiger partial charge in [0.1, 0.15) is 17.2 Å². The van der Waals surface area contributed by atoms with E-state index in [4.69, 9.17) is 0 Å². The number of hydrogen-bond acceptors (Lipinski definition) is 3. The van der Waals surface area contributed by atoms with Crippen LogP contribution in [0.3, 0.4) is 0 Å². The Labute approximate surface area is 149 Å². The molecule has 4 nitrogen and oxygen atoms in total. The fourth-order valence-corrected chi connectivity index (χ4v) is 2.94. The monoisotopic (exact) mass is 350 g/mol. The molecule has 0 aliphatic rings. The number of fused-ring (bicyclic) bond motifs is 1. The van der Waals surface area contributed by atoms with Crippen molar-refractivity contribution in [3.8, 4) is 11.1 Å². The van der Waals surface area contributed by atoms with Gasteiger partial charge in [-0.2, -0.15) is 5.10 Å². The highest BCUT2D eigenvalue weighted by atomic mass is 19.1. The molecule has 0 aliphatic heterocycles. The smallest absolute Gasteiger partial charge is 0.136 e. The molecule has 0 radical (unpaired) electrons. The third-order valence-electron chi connectivity index (χ3n) is 4.59. The van der Waals surface area contributed by atoms with E-state index in [0.29, 0.717) is 17.7 Å². The molecule has 0 N–H and O–H groups in total. The molecule has 0 fully saturated rings. The number of pyridine rings is 2. The van der Waals surface area contributed by atoms with Gasteiger partial charge in [0.2, 0.25) is 0 Å². The van der Waals surface area contributed by atoms with Crippen molar-refractivity contribution in [3.05, 3.63) is 77.4 Å². The molecular formula is C20H16F2N4. The summed E-state index contributed by atoms with van der Waals surface area (Å²) < 4.78 is 29.8. The molecule has 130 valence electrons. The Morgan fingerprint density at radius 3 is 2.69 bits per heavy atom. The lowest BCUT2D eigenvalue weighted by molar-refractivity contribution is 0.570. The van der Waals surface area contributed by atoms with Crippen molar-refractivity contribution < 1.29 is 8.78 Å². The number of benzene rings is 1. The minimum atomic E-state index is -0.569. The number of nitrogens with zero attached hydrogens (tertiary/aromatic N) is 4. The van der Waals surface area contributed by atoms with Gasteiger partial charge in [-0.3, -0.25) is 14.6 Å². The third-order valence-corrected chi connectivity index (χ3v) is 4.59. The zero-order valence-electron chi connectivity index (χ0n) is 14.4. The van der Waals surface area contributed by atoms with Gasteiger partial charge in [0.15, 0.2) is 0 Å². The van der Waals surface area contributed by atoms with Gasteiger partial charge < -0.3 is 0 Å². The molecule has 3 heterocycles.